The molecule has 3 nitrogen and oxygen atoms in total. The molecule has 20 heavy (non-hydrogen) atoms. The first-order chi connectivity index (χ1) is 9.92. The van der Waals surface area contributed by atoms with Gasteiger partial charge >= 0.3 is 0 Å². The standard InChI is InChI=1S/C15H13N3S2/c1-2-10(19-6-1)8-16-15-14-11-5-7-20-13(11)4-3-12(14)17-9-18-15/h1-4,6,9H,5,7-8H2,(H,16,17,18). The molecule has 1 aromatic carbocycles. The molecular weight excluding hydrogens is 286 g/mol. The summed E-state index contributed by atoms with van der Waals surface area (Å²) in [6.45, 7) is 0.820. The average molecular weight is 299 g/mol. The number of nitrogens with one attached hydrogen (secondary N) is 1. The Bertz CT molecular complexity index is 753. The fourth-order valence-corrected chi connectivity index (χ4v) is 4.28. The van der Waals surface area contributed by atoms with Crippen molar-refractivity contribution in [2.45, 2.75) is 17.9 Å². The molecule has 0 unspecified atom stereocenters. The van der Waals surface area contributed by atoms with E-state index in [2.05, 4.69) is 44.9 Å². The Kier molecular flexibility index (Phi) is 3.09. The third kappa shape index (κ3) is 2.07. The first-order valence-corrected chi connectivity index (χ1v) is 8.44. The highest BCUT2D eigenvalue weighted by molar-refractivity contribution is 7.99. The highest BCUT2D eigenvalue weighted by Crippen LogP contribution is 2.38. The van der Waals surface area contributed by atoms with Crippen molar-refractivity contribution in [1.82, 2.24) is 9.97 Å². The van der Waals surface area contributed by atoms with Crippen molar-refractivity contribution in [2.24, 2.45) is 0 Å². The Morgan fingerprint density at radius 2 is 2.20 bits per heavy atom. The van der Waals surface area contributed by atoms with Gasteiger partial charge in [0.2, 0.25) is 0 Å². The van der Waals surface area contributed by atoms with Crippen molar-refractivity contribution in [3.63, 3.8) is 0 Å². The van der Waals surface area contributed by atoms with Gasteiger partial charge in [0.05, 0.1) is 12.1 Å². The molecule has 100 valence electrons. The van der Waals surface area contributed by atoms with E-state index >= 15 is 0 Å². The van der Waals surface area contributed by atoms with Crippen LogP contribution in [0.15, 0.2) is 40.9 Å². The predicted molar refractivity (Wildman–Crippen MR) is 85.6 cm³/mol. The molecule has 1 aliphatic heterocycles. The summed E-state index contributed by atoms with van der Waals surface area (Å²) < 4.78 is 0. The summed E-state index contributed by atoms with van der Waals surface area (Å²) in [5.41, 5.74) is 2.44. The van der Waals surface area contributed by atoms with Crippen molar-refractivity contribution in [2.75, 3.05) is 11.1 Å². The van der Waals surface area contributed by atoms with Crippen molar-refractivity contribution >= 4 is 39.8 Å². The molecule has 2 aromatic heterocycles. The third-order valence-corrected chi connectivity index (χ3v) is 5.47. The van der Waals surface area contributed by atoms with E-state index in [1.54, 1.807) is 17.7 Å². The number of hydrogen-bond donors (Lipinski definition) is 1. The van der Waals surface area contributed by atoms with Gasteiger partial charge < -0.3 is 5.32 Å². The number of hydrogen-bond acceptors (Lipinski definition) is 5. The summed E-state index contributed by atoms with van der Waals surface area (Å²) in [5.74, 6) is 2.12. The van der Waals surface area contributed by atoms with Gasteiger partial charge in [-0.05, 0) is 35.6 Å². The second-order valence-electron chi connectivity index (χ2n) is 4.69. The highest BCUT2D eigenvalue weighted by atomic mass is 32.2. The van der Waals surface area contributed by atoms with Gasteiger partial charge in [-0.3, -0.25) is 0 Å². The summed E-state index contributed by atoms with van der Waals surface area (Å²) in [6.07, 6.45) is 2.76. The van der Waals surface area contributed by atoms with Gasteiger partial charge in [0.1, 0.15) is 12.1 Å². The SMILES string of the molecule is c1csc(CNc2ncnc3ccc4c(c23)CCS4)c1. The summed E-state index contributed by atoms with van der Waals surface area (Å²) in [5, 5.41) is 6.77. The number of thioether (sulfide) groups is 1. The number of thiophene rings is 1. The lowest BCUT2D eigenvalue weighted by Gasteiger charge is -2.10. The fourth-order valence-electron chi connectivity index (χ4n) is 2.57. The quantitative estimate of drug-likeness (QED) is 0.794. The summed E-state index contributed by atoms with van der Waals surface area (Å²) >= 11 is 3.69. The Morgan fingerprint density at radius 3 is 3.10 bits per heavy atom. The maximum atomic E-state index is 4.46. The fraction of sp³-hybridized carbons (Fsp3) is 0.200. The van der Waals surface area contributed by atoms with Gasteiger partial charge in [-0.1, -0.05) is 6.07 Å². The lowest BCUT2D eigenvalue weighted by molar-refractivity contribution is 1.10. The zero-order valence-corrected chi connectivity index (χ0v) is 12.4. The van der Waals surface area contributed by atoms with Crippen molar-refractivity contribution in [3.8, 4) is 0 Å². The zero-order valence-electron chi connectivity index (χ0n) is 10.8. The summed E-state index contributed by atoms with van der Waals surface area (Å²) in [6, 6.07) is 8.51. The van der Waals surface area contributed by atoms with E-state index in [0.717, 1.165) is 30.1 Å². The number of aromatic nitrogens is 2. The molecule has 5 heteroatoms. The van der Waals surface area contributed by atoms with Crippen LogP contribution in [-0.4, -0.2) is 15.7 Å². The number of rotatable bonds is 3. The van der Waals surface area contributed by atoms with E-state index < -0.39 is 0 Å². The van der Waals surface area contributed by atoms with Crippen LogP contribution in [0.5, 0.6) is 0 Å². The van der Waals surface area contributed by atoms with Crippen LogP contribution in [0.2, 0.25) is 0 Å². The van der Waals surface area contributed by atoms with E-state index in [1.165, 1.54) is 20.7 Å². The molecule has 0 spiro atoms. The second-order valence-corrected chi connectivity index (χ2v) is 6.86. The van der Waals surface area contributed by atoms with Gasteiger partial charge in [0.15, 0.2) is 0 Å². The molecule has 0 saturated heterocycles. The molecule has 0 aliphatic carbocycles. The molecule has 0 fully saturated rings. The first-order valence-electron chi connectivity index (χ1n) is 6.57. The molecule has 3 heterocycles. The van der Waals surface area contributed by atoms with Crippen LogP contribution in [0, 0.1) is 0 Å². The Hall–Kier alpha value is -1.59. The zero-order chi connectivity index (χ0) is 13.4. The monoisotopic (exact) mass is 299 g/mol. The number of anilines is 1. The predicted octanol–water partition coefficient (Wildman–Crippen LogP) is 3.95. The molecule has 0 radical (unpaired) electrons. The van der Waals surface area contributed by atoms with Crippen LogP contribution < -0.4 is 5.32 Å². The molecule has 0 bridgehead atoms. The summed E-state index contributed by atoms with van der Waals surface area (Å²) in [4.78, 5) is 11.6. The number of fused-ring (bicyclic) bond motifs is 3. The maximum Gasteiger partial charge on any atom is 0.137 e. The molecule has 1 aliphatic rings. The molecule has 0 saturated carbocycles. The minimum absolute atomic E-state index is 0.820. The topological polar surface area (TPSA) is 37.8 Å². The summed E-state index contributed by atoms with van der Waals surface area (Å²) in [7, 11) is 0. The largest absolute Gasteiger partial charge is 0.365 e. The Labute approximate surface area is 125 Å². The minimum atomic E-state index is 0.820. The van der Waals surface area contributed by atoms with Gasteiger partial charge in [-0.2, -0.15) is 0 Å². The Balaban J connectivity index is 1.77. The number of benzene rings is 1. The van der Waals surface area contributed by atoms with E-state index in [4.69, 9.17) is 0 Å². The van der Waals surface area contributed by atoms with Crippen LogP contribution in [0.3, 0.4) is 0 Å². The third-order valence-electron chi connectivity index (χ3n) is 3.49. The van der Waals surface area contributed by atoms with E-state index in [-0.39, 0.29) is 0 Å². The van der Waals surface area contributed by atoms with Crippen LogP contribution >= 0.6 is 23.1 Å². The van der Waals surface area contributed by atoms with Crippen LogP contribution in [0.25, 0.3) is 10.9 Å². The average Bonchev–Trinajstić information content (AvgIpc) is 3.15. The molecule has 3 aromatic rings. The number of aryl methyl sites for hydroxylation is 1. The van der Waals surface area contributed by atoms with Crippen LogP contribution in [0.4, 0.5) is 5.82 Å². The maximum absolute atomic E-state index is 4.46. The lowest BCUT2D eigenvalue weighted by atomic mass is 10.1. The Morgan fingerprint density at radius 1 is 1.20 bits per heavy atom. The van der Waals surface area contributed by atoms with E-state index in [9.17, 15) is 0 Å². The molecule has 1 N–H and O–H groups in total. The molecule has 0 amide bonds. The normalized spacial score (nSPS) is 13.6. The van der Waals surface area contributed by atoms with Crippen molar-refractivity contribution in [3.05, 3.63) is 46.4 Å². The van der Waals surface area contributed by atoms with E-state index in [1.807, 2.05) is 11.8 Å². The minimum Gasteiger partial charge on any atom is -0.365 e. The van der Waals surface area contributed by atoms with Gasteiger partial charge in [-0.25, -0.2) is 9.97 Å². The van der Waals surface area contributed by atoms with Gasteiger partial charge in [0.25, 0.3) is 0 Å². The molecule has 4 rings (SSSR count). The van der Waals surface area contributed by atoms with Crippen LogP contribution in [0.1, 0.15) is 10.4 Å². The van der Waals surface area contributed by atoms with Crippen LogP contribution in [-0.2, 0) is 13.0 Å². The van der Waals surface area contributed by atoms with Gasteiger partial charge in [-0.15, -0.1) is 23.1 Å². The second kappa shape index (κ2) is 5.07. The first kappa shape index (κ1) is 12.2. The highest BCUT2D eigenvalue weighted by Gasteiger charge is 2.17. The molecular formula is C15H13N3S2. The van der Waals surface area contributed by atoms with E-state index in [0.29, 0.717) is 0 Å². The molecule has 0 atom stereocenters. The lowest BCUT2D eigenvalue weighted by Crippen LogP contribution is -2.02. The smallest absolute Gasteiger partial charge is 0.137 e. The van der Waals surface area contributed by atoms with Crippen molar-refractivity contribution < 1.29 is 0 Å². The number of nitrogens with zero attached hydrogens (tertiary/aromatic N) is 2. The van der Waals surface area contributed by atoms with Crippen molar-refractivity contribution in [1.29, 1.82) is 0 Å². The van der Waals surface area contributed by atoms with Gasteiger partial charge in [0, 0.05) is 20.9 Å².